The van der Waals surface area contributed by atoms with Crippen LogP contribution in [0.3, 0.4) is 0 Å². The molecule has 7 aromatic rings. The summed E-state index contributed by atoms with van der Waals surface area (Å²) in [6.45, 7) is 0. The first kappa shape index (κ1) is 29.9. The van der Waals surface area contributed by atoms with Crippen molar-refractivity contribution in [2.45, 2.75) is 12.8 Å². The second-order valence-corrected chi connectivity index (χ2v) is 13.2. The smallest absolute Gasteiger partial charge is 0.160 e. The molecule has 0 bridgehead atoms. The summed E-state index contributed by atoms with van der Waals surface area (Å²) in [6, 6.07) is 45.0. The molecule has 238 valence electrons. The number of pyridine rings is 1. The Bertz CT molecular complexity index is 2480. The van der Waals surface area contributed by atoms with Crippen LogP contribution in [0.25, 0.3) is 72.1 Å². The molecule has 0 aliphatic heterocycles. The van der Waals surface area contributed by atoms with Crippen LogP contribution in [0.1, 0.15) is 18.5 Å². The average molecular weight is 642 g/mol. The number of benzene rings is 5. The molecule has 2 atom stereocenters. The fourth-order valence-electron chi connectivity index (χ4n) is 7.27. The topological polar surface area (TPSA) is 38.7 Å². The second kappa shape index (κ2) is 13.0. The van der Waals surface area contributed by atoms with Gasteiger partial charge in [0.05, 0.1) is 16.9 Å². The molecule has 3 heteroatoms. The lowest BCUT2D eigenvalue weighted by Gasteiger charge is -2.24. The first-order valence-corrected chi connectivity index (χ1v) is 17.4. The highest BCUT2D eigenvalue weighted by Crippen LogP contribution is 2.35. The van der Waals surface area contributed by atoms with Crippen molar-refractivity contribution in [1.82, 2.24) is 15.0 Å². The summed E-state index contributed by atoms with van der Waals surface area (Å²) in [5.41, 5.74) is 10.7. The predicted octanol–water partition coefficient (Wildman–Crippen LogP) is 11.9. The van der Waals surface area contributed by atoms with Gasteiger partial charge in [-0.2, -0.15) is 0 Å². The number of aromatic nitrogens is 3. The summed E-state index contributed by atoms with van der Waals surface area (Å²) in [6.07, 6.45) is 20.0. The molecule has 0 radical (unpaired) electrons. The molecule has 3 nitrogen and oxygen atoms in total. The van der Waals surface area contributed by atoms with E-state index >= 15 is 0 Å². The van der Waals surface area contributed by atoms with E-state index < -0.39 is 0 Å². The van der Waals surface area contributed by atoms with E-state index in [1.807, 2.05) is 18.3 Å². The van der Waals surface area contributed by atoms with Crippen LogP contribution in [0, 0.1) is 11.8 Å². The van der Waals surface area contributed by atoms with E-state index in [-0.39, 0.29) is 0 Å². The van der Waals surface area contributed by atoms with Crippen LogP contribution in [0.2, 0.25) is 0 Å². The van der Waals surface area contributed by atoms with Gasteiger partial charge >= 0.3 is 0 Å². The maximum absolute atomic E-state index is 5.17. The molecule has 0 amide bonds. The van der Waals surface area contributed by atoms with Gasteiger partial charge in [-0.25, -0.2) is 9.97 Å². The van der Waals surface area contributed by atoms with E-state index in [2.05, 4.69) is 163 Å². The van der Waals surface area contributed by atoms with Crippen LogP contribution in [0.15, 0.2) is 176 Å². The third-order valence-electron chi connectivity index (χ3n) is 10.1. The predicted molar refractivity (Wildman–Crippen MR) is 208 cm³/mol. The average Bonchev–Trinajstić information content (AvgIpc) is 3.21. The van der Waals surface area contributed by atoms with Crippen molar-refractivity contribution >= 4 is 27.2 Å². The summed E-state index contributed by atoms with van der Waals surface area (Å²) in [7, 11) is 0. The maximum atomic E-state index is 5.17. The van der Waals surface area contributed by atoms with Crippen LogP contribution in [0.4, 0.5) is 0 Å². The number of allylic oxidation sites excluding steroid dienone is 8. The Morgan fingerprint density at radius 3 is 2.06 bits per heavy atom. The first-order chi connectivity index (χ1) is 24.7. The molecular weight excluding hydrogens is 607 g/mol. The second-order valence-electron chi connectivity index (χ2n) is 13.2. The minimum Gasteiger partial charge on any atom is -0.256 e. The van der Waals surface area contributed by atoms with Gasteiger partial charge in [-0.05, 0) is 75.9 Å². The molecule has 2 unspecified atom stereocenters. The van der Waals surface area contributed by atoms with Gasteiger partial charge in [0.2, 0.25) is 0 Å². The Kier molecular flexibility index (Phi) is 7.79. The van der Waals surface area contributed by atoms with Crippen molar-refractivity contribution in [2.24, 2.45) is 11.8 Å². The van der Waals surface area contributed by atoms with Crippen molar-refractivity contribution in [3.63, 3.8) is 0 Å². The van der Waals surface area contributed by atoms with Crippen molar-refractivity contribution in [3.8, 4) is 44.9 Å². The molecule has 2 aliphatic carbocycles. The molecule has 0 saturated heterocycles. The zero-order valence-electron chi connectivity index (χ0n) is 27.7. The molecule has 0 saturated carbocycles. The zero-order chi connectivity index (χ0) is 33.3. The standard InChI is InChI=1S/C47H35N3/c1-2-9-32(10-3-1)33-17-23-37(24-18-33)45-30-46(38-25-19-34(20-26-38)41-29-40-12-5-7-16-44(40)48-31-41)50-47(49-45)39-27-21-36(22-28-39)43-15-8-13-35-11-4-6-14-42(35)43/h1-9,11-17,19-33H,10,18H2. The molecule has 0 spiro atoms. The summed E-state index contributed by atoms with van der Waals surface area (Å²) in [4.78, 5) is 15.0. The van der Waals surface area contributed by atoms with Crippen molar-refractivity contribution in [1.29, 1.82) is 0 Å². The number of rotatable bonds is 6. The SMILES string of the molecule is C1=CCC(C2C=CC(c3cc(-c4ccc(-c5cnc6ccccc6c5)cc4)nc(-c4ccc(-c5cccc6ccccc56)cc4)n3)=CC2)C=C1. The zero-order valence-corrected chi connectivity index (χ0v) is 27.7. The van der Waals surface area contributed by atoms with Crippen LogP contribution < -0.4 is 0 Å². The van der Waals surface area contributed by atoms with Crippen LogP contribution in [0.5, 0.6) is 0 Å². The van der Waals surface area contributed by atoms with Gasteiger partial charge in [-0.1, -0.05) is 152 Å². The van der Waals surface area contributed by atoms with E-state index in [9.17, 15) is 0 Å². The summed E-state index contributed by atoms with van der Waals surface area (Å²) in [5, 5.41) is 3.63. The Morgan fingerprint density at radius 2 is 1.24 bits per heavy atom. The molecule has 5 aromatic carbocycles. The molecule has 2 aromatic heterocycles. The van der Waals surface area contributed by atoms with Crippen molar-refractivity contribution in [2.75, 3.05) is 0 Å². The molecule has 50 heavy (non-hydrogen) atoms. The Labute approximate surface area is 292 Å². The molecule has 0 N–H and O–H groups in total. The van der Waals surface area contributed by atoms with Gasteiger partial charge in [0.25, 0.3) is 0 Å². The van der Waals surface area contributed by atoms with Gasteiger partial charge in [0.15, 0.2) is 5.82 Å². The minimum atomic E-state index is 0.500. The van der Waals surface area contributed by atoms with E-state index in [0.29, 0.717) is 11.8 Å². The van der Waals surface area contributed by atoms with E-state index in [1.54, 1.807) is 0 Å². The lowest BCUT2D eigenvalue weighted by Crippen LogP contribution is -2.12. The highest BCUT2D eigenvalue weighted by Gasteiger charge is 2.20. The minimum absolute atomic E-state index is 0.500. The van der Waals surface area contributed by atoms with Crippen LogP contribution in [-0.2, 0) is 0 Å². The Hall–Kier alpha value is -6.19. The van der Waals surface area contributed by atoms with Crippen LogP contribution >= 0.6 is 0 Å². The van der Waals surface area contributed by atoms with Crippen molar-refractivity contribution in [3.05, 3.63) is 182 Å². The molecule has 2 aliphatic rings. The molecule has 0 fully saturated rings. The Balaban J connectivity index is 1.07. The number of nitrogens with zero attached hydrogens (tertiary/aromatic N) is 3. The highest BCUT2D eigenvalue weighted by molar-refractivity contribution is 5.96. The summed E-state index contributed by atoms with van der Waals surface area (Å²) < 4.78 is 0. The third-order valence-corrected chi connectivity index (χ3v) is 10.1. The molecular formula is C47H35N3. The number of para-hydroxylation sites is 1. The normalized spacial score (nSPS) is 16.9. The largest absolute Gasteiger partial charge is 0.256 e. The summed E-state index contributed by atoms with van der Waals surface area (Å²) in [5.74, 6) is 1.77. The van der Waals surface area contributed by atoms with Gasteiger partial charge in [0, 0.05) is 28.3 Å². The molecule has 9 rings (SSSR count). The fraction of sp³-hybridized carbons (Fsp3) is 0.0851. The van der Waals surface area contributed by atoms with E-state index in [4.69, 9.17) is 9.97 Å². The quantitative estimate of drug-likeness (QED) is 0.181. The maximum Gasteiger partial charge on any atom is 0.160 e. The van der Waals surface area contributed by atoms with Gasteiger partial charge in [-0.3, -0.25) is 4.98 Å². The number of hydrogen-bond acceptors (Lipinski definition) is 3. The lowest BCUT2D eigenvalue weighted by molar-refractivity contribution is 0.478. The van der Waals surface area contributed by atoms with Gasteiger partial charge in [0.1, 0.15) is 0 Å². The third kappa shape index (κ3) is 5.88. The van der Waals surface area contributed by atoms with Crippen LogP contribution in [-0.4, -0.2) is 15.0 Å². The van der Waals surface area contributed by atoms with E-state index in [1.165, 1.54) is 21.9 Å². The monoisotopic (exact) mass is 641 g/mol. The van der Waals surface area contributed by atoms with Gasteiger partial charge in [-0.15, -0.1) is 0 Å². The first-order valence-electron chi connectivity index (χ1n) is 17.4. The lowest BCUT2D eigenvalue weighted by atomic mass is 9.81. The summed E-state index contributed by atoms with van der Waals surface area (Å²) >= 11 is 0. The number of hydrogen-bond donors (Lipinski definition) is 0. The highest BCUT2D eigenvalue weighted by atomic mass is 14.9. The van der Waals surface area contributed by atoms with Crippen molar-refractivity contribution < 1.29 is 0 Å². The molecule has 2 heterocycles. The Morgan fingerprint density at radius 1 is 0.520 bits per heavy atom. The number of fused-ring (bicyclic) bond motifs is 2. The fourth-order valence-corrected chi connectivity index (χ4v) is 7.27. The van der Waals surface area contributed by atoms with E-state index in [0.717, 1.165) is 68.8 Å². The van der Waals surface area contributed by atoms with Gasteiger partial charge < -0.3 is 0 Å².